The maximum atomic E-state index is 13.7. The Morgan fingerprint density at radius 3 is 2.56 bits per heavy atom. The molecule has 2 heterocycles. The highest BCUT2D eigenvalue weighted by Gasteiger charge is 2.38. The molecular weight excluding hydrogens is 427 g/mol. The Morgan fingerprint density at radius 2 is 1.82 bits per heavy atom. The van der Waals surface area contributed by atoms with E-state index in [1.807, 2.05) is 24.5 Å². The zero-order chi connectivity index (χ0) is 23.8. The molecule has 0 aliphatic carbocycles. The van der Waals surface area contributed by atoms with Crippen molar-refractivity contribution in [3.05, 3.63) is 95.3 Å². The fourth-order valence-electron chi connectivity index (χ4n) is 4.47. The minimum atomic E-state index is -0.301. The molecule has 0 spiro atoms. The number of unbranched alkanes of at least 4 members (excludes halogenated alkanes) is 1. The van der Waals surface area contributed by atoms with Crippen LogP contribution in [0.4, 0.5) is 4.39 Å². The summed E-state index contributed by atoms with van der Waals surface area (Å²) in [6.07, 6.45) is 7.48. The average molecular weight is 459 g/mol. The lowest BCUT2D eigenvalue weighted by Gasteiger charge is -2.48. The van der Waals surface area contributed by atoms with Gasteiger partial charge in [0.15, 0.2) is 0 Å². The minimum Gasteiger partial charge on any atom is -0.395 e. The molecule has 2 unspecified atom stereocenters. The highest BCUT2D eigenvalue weighted by atomic mass is 19.1. The van der Waals surface area contributed by atoms with Gasteiger partial charge in [0.25, 0.3) is 0 Å². The lowest BCUT2D eigenvalue weighted by Crippen LogP contribution is -2.56. The van der Waals surface area contributed by atoms with Crippen molar-refractivity contribution in [3.8, 4) is 11.8 Å². The number of hydrogen-bond acceptors (Lipinski definition) is 5. The molecule has 1 aliphatic rings. The third-order valence-electron chi connectivity index (χ3n) is 6.41. The van der Waals surface area contributed by atoms with Gasteiger partial charge in [-0.15, -0.1) is 0 Å². The van der Waals surface area contributed by atoms with E-state index in [1.54, 1.807) is 24.5 Å². The molecule has 1 aromatic heterocycles. The number of aliphatic hydroxyl groups excluding tert-OH is 1. The van der Waals surface area contributed by atoms with Crippen molar-refractivity contribution < 1.29 is 9.50 Å². The Kier molecular flexibility index (Phi) is 8.37. The fourth-order valence-corrected chi connectivity index (χ4v) is 4.47. The van der Waals surface area contributed by atoms with Crippen LogP contribution in [0.1, 0.15) is 41.0 Å². The van der Waals surface area contributed by atoms with E-state index in [0.717, 1.165) is 50.1 Å². The second kappa shape index (κ2) is 11.8. The van der Waals surface area contributed by atoms with Crippen molar-refractivity contribution in [2.24, 2.45) is 0 Å². The second-order valence-corrected chi connectivity index (χ2v) is 8.89. The predicted octanol–water partition coefficient (Wildman–Crippen LogP) is 3.69. The van der Waals surface area contributed by atoms with Crippen LogP contribution in [0.15, 0.2) is 67.3 Å². The maximum Gasteiger partial charge on any atom is 0.138 e. The predicted molar refractivity (Wildman–Crippen MR) is 132 cm³/mol. The number of aliphatic hydroxyl groups is 1. The van der Waals surface area contributed by atoms with E-state index in [1.165, 1.54) is 11.6 Å². The molecule has 34 heavy (non-hydrogen) atoms. The van der Waals surface area contributed by atoms with Gasteiger partial charge in [-0.1, -0.05) is 36.1 Å². The molecule has 0 bridgehead atoms. The first-order valence-corrected chi connectivity index (χ1v) is 11.8. The Labute approximate surface area is 201 Å². The molecule has 176 valence electrons. The number of rotatable bonds is 9. The van der Waals surface area contributed by atoms with Crippen LogP contribution in [0.5, 0.6) is 0 Å². The van der Waals surface area contributed by atoms with Crippen LogP contribution >= 0.6 is 0 Å². The first kappa shape index (κ1) is 24.0. The number of likely N-dealkylation sites (tertiary alicyclic amines) is 1. The van der Waals surface area contributed by atoms with Gasteiger partial charge in [-0.25, -0.2) is 14.4 Å². The van der Waals surface area contributed by atoms with Crippen LogP contribution in [0.25, 0.3) is 0 Å². The third-order valence-corrected chi connectivity index (χ3v) is 6.41. The fraction of sp³-hybridized carbons (Fsp3) is 0.357. The molecule has 0 saturated carbocycles. The van der Waals surface area contributed by atoms with E-state index in [9.17, 15) is 9.50 Å². The van der Waals surface area contributed by atoms with Crippen molar-refractivity contribution >= 4 is 0 Å². The molecule has 6 heteroatoms. The van der Waals surface area contributed by atoms with Gasteiger partial charge in [-0.3, -0.25) is 4.90 Å². The summed E-state index contributed by atoms with van der Waals surface area (Å²) in [6, 6.07) is 14.8. The normalized spacial score (nSPS) is 17.8. The van der Waals surface area contributed by atoms with Crippen molar-refractivity contribution in [1.29, 1.82) is 0 Å². The summed E-state index contributed by atoms with van der Waals surface area (Å²) in [6.45, 7) is 3.99. The van der Waals surface area contributed by atoms with E-state index < -0.39 is 0 Å². The van der Waals surface area contributed by atoms with Crippen LogP contribution < -0.4 is 0 Å². The summed E-state index contributed by atoms with van der Waals surface area (Å²) in [5.41, 5.74) is 3.61. The summed E-state index contributed by atoms with van der Waals surface area (Å²) in [5, 5.41) is 9.97. The SMILES string of the molecule is CN(CCCCN1CC(c2ccc(C#Cc3ccccc3F)cc2)C1CO)Cc1cncnc1. The van der Waals surface area contributed by atoms with Gasteiger partial charge >= 0.3 is 0 Å². The summed E-state index contributed by atoms with van der Waals surface area (Å²) >= 11 is 0. The maximum absolute atomic E-state index is 13.7. The van der Waals surface area contributed by atoms with Gasteiger partial charge in [-0.2, -0.15) is 0 Å². The summed E-state index contributed by atoms with van der Waals surface area (Å²) in [5.74, 6) is 5.97. The van der Waals surface area contributed by atoms with Crippen LogP contribution in [0, 0.1) is 17.7 Å². The highest BCUT2D eigenvalue weighted by Crippen LogP contribution is 2.34. The zero-order valence-corrected chi connectivity index (χ0v) is 19.6. The Hall–Kier alpha value is -3.11. The molecule has 1 fully saturated rings. The van der Waals surface area contributed by atoms with Gasteiger partial charge in [-0.05, 0) is 62.8 Å². The number of hydrogen-bond donors (Lipinski definition) is 1. The van der Waals surface area contributed by atoms with E-state index in [2.05, 4.69) is 50.8 Å². The standard InChI is InChI=1S/C28H31FN4O/c1-32(18-23-16-30-21-31-17-23)14-4-5-15-33-19-26(28(33)20-34)24-11-8-22(9-12-24)10-13-25-6-2-3-7-27(25)29/h2-3,6-9,11-12,16-17,21,26,28,34H,4-5,14-15,18-20H2,1H3. The second-order valence-electron chi connectivity index (χ2n) is 8.89. The number of nitrogens with zero attached hydrogens (tertiary/aromatic N) is 4. The van der Waals surface area contributed by atoms with E-state index in [4.69, 9.17) is 0 Å². The molecule has 2 aromatic carbocycles. The zero-order valence-electron chi connectivity index (χ0n) is 19.6. The van der Waals surface area contributed by atoms with Crippen molar-refractivity contribution in [1.82, 2.24) is 19.8 Å². The number of aromatic nitrogens is 2. The molecule has 3 aromatic rings. The molecule has 1 aliphatic heterocycles. The lowest BCUT2D eigenvalue weighted by atomic mass is 9.82. The van der Waals surface area contributed by atoms with Crippen LogP contribution in [-0.4, -0.2) is 64.2 Å². The van der Waals surface area contributed by atoms with Gasteiger partial charge < -0.3 is 10.0 Å². The van der Waals surface area contributed by atoms with Crippen molar-refractivity contribution in [2.45, 2.75) is 31.3 Å². The largest absolute Gasteiger partial charge is 0.395 e. The minimum absolute atomic E-state index is 0.160. The van der Waals surface area contributed by atoms with Gasteiger partial charge in [0.05, 0.1) is 12.2 Å². The average Bonchev–Trinajstić information content (AvgIpc) is 2.84. The molecule has 2 atom stereocenters. The Morgan fingerprint density at radius 1 is 1.06 bits per heavy atom. The quantitative estimate of drug-likeness (QED) is 0.392. The van der Waals surface area contributed by atoms with E-state index >= 15 is 0 Å². The van der Waals surface area contributed by atoms with Crippen LogP contribution in [0.2, 0.25) is 0 Å². The van der Waals surface area contributed by atoms with Gasteiger partial charge in [0.1, 0.15) is 12.1 Å². The molecule has 0 amide bonds. The third kappa shape index (κ3) is 6.27. The number of halogens is 1. The summed E-state index contributed by atoms with van der Waals surface area (Å²) < 4.78 is 13.7. The van der Waals surface area contributed by atoms with Crippen molar-refractivity contribution in [2.75, 3.05) is 33.3 Å². The Bertz CT molecular complexity index is 1110. The van der Waals surface area contributed by atoms with E-state index in [-0.39, 0.29) is 18.5 Å². The first-order chi connectivity index (χ1) is 16.6. The first-order valence-electron chi connectivity index (χ1n) is 11.8. The smallest absolute Gasteiger partial charge is 0.138 e. The molecular formula is C28H31FN4O. The van der Waals surface area contributed by atoms with Gasteiger partial charge in [0, 0.05) is 48.6 Å². The number of benzene rings is 2. The summed E-state index contributed by atoms with van der Waals surface area (Å²) in [4.78, 5) is 12.8. The Balaban J connectivity index is 1.22. The molecule has 0 radical (unpaired) electrons. The van der Waals surface area contributed by atoms with Gasteiger partial charge in [0.2, 0.25) is 0 Å². The lowest BCUT2D eigenvalue weighted by molar-refractivity contribution is 0.0156. The molecule has 4 rings (SSSR count). The highest BCUT2D eigenvalue weighted by molar-refractivity contribution is 5.44. The molecule has 1 N–H and O–H groups in total. The van der Waals surface area contributed by atoms with E-state index in [0.29, 0.717) is 11.5 Å². The van der Waals surface area contributed by atoms with Crippen molar-refractivity contribution in [3.63, 3.8) is 0 Å². The summed E-state index contributed by atoms with van der Waals surface area (Å²) in [7, 11) is 2.12. The molecule has 1 saturated heterocycles. The molecule has 5 nitrogen and oxygen atoms in total. The monoisotopic (exact) mass is 458 g/mol. The van der Waals surface area contributed by atoms with Crippen LogP contribution in [0.3, 0.4) is 0 Å². The van der Waals surface area contributed by atoms with Crippen LogP contribution in [-0.2, 0) is 6.54 Å². The topological polar surface area (TPSA) is 52.5 Å².